The Labute approximate surface area is 98.7 Å². The zero-order chi connectivity index (χ0) is 11.7. The largest absolute Gasteiger partial charge is 0.399 e. The van der Waals surface area contributed by atoms with E-state index in [1.54, 1.807) is 12.4 Å². The van der Waals surface area contributed by atoms with Crippen molar-refractivity contribution < 1.29 is 0 Å². The second-order valence-electron chi connectivity index (χ2n) is 3.95. The molecule has 3 rings (SSSR count). The summed E-state index contributed by atoms with van der Waals surface area (Å²) in [5.41, 5.74) is 9.58. The number of rotatable bonds is 2. The van der Waals surface area contributed by atoms with Gasteiger partial charge in [0.2, 0.25) is 0 Å². The Balaban J connectivity index is 1.97. The molecule has 2 N–H and O–H groups in total. The number of aromatic nitrogens is 3. The van der Waals surface area contributed by atoms with Gasteiger partial charge in [0.15, 0.2) is 0 Å². The highest BCUT2D eigenvalue weighted by Crippen LogP contribution is 2.13. The Kier molecular flexibility index (Phi) is 2.26. The molecule has 0 unspecified atom stereocenters. The lowest BCUT2D eigenvalue weighted by molar-refractivity contribution is 0.712. The highest BCUT2D eigenvalue weighted by molar-refractivity contribution is 5.73. The minimum atomic E-state index is 0.732. The molecule has 0 atom stereocenters. The highest BCUT2D eigenvalue weighted by atomic mass is 15.3. The first-order chi connectivity index (χ1) is 8.33. The van der Waals surface area contributed by atoms with E-state index in [2.05, 4.69) is 10.1 Å². The number of fused-ring (bicyclic) bond motifs is 1. The zero-order valence-electron chi connectivity index (χ0n) is 9.24. The van der Waals surface area contributed by atoms with Crippen molar-refractivity contribution in [1.82, 2.24) is 14.8 Å². The standard InChI is InChI=1S/C13H12N4/c14-11-5-3-10(4-6-11)9-17-13-2-1-7-15-12(13)8-16-17/h1-8H,9,14H2. The topological polar surface area (TPSA) is 56.7 Å². The van der Waals surface area contributed by atoms with Crippen LogP contribution in [0, 0.1) is 0 Å². The van der Waals surface area contributed by atoms with Crippen molar-refractivity contribution >= 4 is 16.7 Å². The van der Waals surface area contributed by atoms with E-state index in [9.17, 15) is 0 Å². The van der Waals surface area contributed by atoms with Gasteiger partial charge in [-0.05, 0) is 29.8 Å². The van der Waals surface area contributed by atoms with Crippen LogP contribution in [0.3, 0.4) is 0 Å². The van der Waals surface area contributed by atoms with Crippen LogP contribution in [0.15, 0.2) is 48.8 Å². The maximum absolute atomic E-state index is 5.66. The van der Waals surface area contributed by atoms with Crippen LogP contribution in [0.25, 0.3) is 11.0 Å². The molecule has 84 valence electrons. The molecule has 0 aliphatic heterocycles. The predicted molar refractivity (Wildman–Crippen MR) is 67.5 cm³/mol. The monoisotopic (exact) mass is 224 g/mol. The summed E-state index contributed by atoms with van der Waals surface area (Å²) in [6.45, 7) is 0.732. The van der Waals surface area contributed by atoms with Crippen molar-refractivity contribution in [1.29, 1.82) is 0 Å². The first kappa shape index (κ1) is 9.84. The van der Waals surface area contributed by atoms with Crippen molar-refractivity contribution in [2.24, 2.45) is 0 Å². The van der Waals surface area contributed by atoms with Gasteiger partial charge in [-0.2, -0.15) is 5.10 Å². The third-order valence-electron chi connectivity index (χ3n) is 2.73. The number of anilines is 1. The van der Waals surface area contributed by atoms with Gasteiger partial charge in [0.1, 0.15) is 5.52 Å². The van der Waals surface area contributed by atoms with Crippen LogP contribution in [0.5, 0.6) is 0 Å². The van der Waals surface area contributed by atoms with Gasteiger partial charge >= 0.3 is 0 Å². The Hall–Kier alpha value is -2.36. The van der Waals surface area contributed by atoms with Crippen LogP contribution in [0.1, 0.15) is 5.56 Å². The molecule has 3 aromatic rings. The minimum Gasteiger partial charge on any atom is -0.399 e. The molecule has 1 aromatic carbocycles. The van der Waals surface area contributed by atoms with Crippen LogP contribution in [-0.2, 0) is 6.54 Å². The lowest BCUT2D eigenvalue weighted by Crippen LogP contribution is -2.01. The normalized spacial score (nSPS) is 10.8. The fourth-order valence-electron chi connectivity index (χ4n) is 1.84. The van der Waals surface area contributed by atoms with Crippen molar-refractivity contribution in [3.8, 4) is 0 Å². The van der Waals surface area contributed by atoms with Crippen LogP contribution in [-0.4, -0.2) is 14.8 Å². The molecule has 0 bridgehead atoms. The molecule has 0 saturated heterocycles. The summed E-state index contributed by atoms with van der Waals surface area (Å²) >= 11 is 0. The summed E-state index contributed by atoms with van der Waals surface area (Å²) in [6.07, 6.45) is 3.56. The number of hydrogen-bond donors (Lipinski definition) is 1. The third kappa shape index (κ3) is 1.85. The fraction of sp³-hybridized carbons (Fsp3) is 0.0769. The van der Waals surface area contributed by atoms with E-state index >= 15 is 0 Å². The van der Waals surface area contributed by atoms with Gasteiger partial charge in [-0.15, -0.1) is 0 Å². The second kappa shape index (κ2) is 3.90. The molecular weight excluding hydrogens is 212 g/mol. The summed E-state index contributed by atoms with van der Waals surface area (Å²) in [5, 5.41) is 4.34. The molecule has 2 heterocycles. The first-order valence-electron chi connectivity index (χ1n) is 5.44. The van der Waals surface area contributed by atoms with Gasteiger partial charge in [0.05, 0.1) is 18.3 Å². The Morgan fingerprint density at radius 1 is 1.12 bits per heavy atom. The summed E-state index contributed by atoms with van der Waals surface area (Å²) < 4.78 is 1.94. The quantitative estimate of drug-likeness (QED) is 0.678. The average molecular weight is 224 g/mol. The molecule has 0 saturated carbocycles. The van der Waals surface area contributed by atoms with E-state index < -0.39 is 0 Å². The molecule has 0 aliphatic rings. The summed E-state index contributed by atoms with van der Waals surface area (Å²) in [6, 6.07) is 11.8. The van der Waals surface area contributed by atoms with Gasteiger partial charge in [-0.1, -0.05) is 12.1 Å². The second-order valence-corrected chi connectivity index (χ2v) is 3.95. The van der Waals surface area contributed by atoms with Crippen LogP contribution >= 0.6 is 0 Å². The summed E-state index contributed by atoms with van der Waals surface area (Å²) in [4.78, 5) is 4.25. The number of nitrogens with zero attached hydrogens (tertiary/aromatic N) is 3. The van der Waals surface area contributed by atoms with Crippen LogP contribution in [0.4, 0.5) is 5.69 Å². The van der Waals surface area contributed by atoms with E-state index in [0.29, 0.717) is 0 Å². The van der Waals surface area contributed by atoms with E-state index in [1.165, 1.54) is 5.56 Å². The Morgan fingerprint density at radius 2 is 1.94 bits per heavy atom. The molecule has 0 radical (unpaired) electrons. The fourth-order valence-corrected chi connectivity index (χ4v) is 1.84. The van der Waals surface area contributed by atoms with E-state index in [-0.39, 0.29) is 0 Å². The van der Waals surface area contributed by atoms with E-state index in [4.69, 9.17) is 5.73 Å². The molecule has 0 spiro atoms. The molecule has 4 heteroatoms. The molecular formula is C13H12N4. The Morgan fingerprint density at radius 3 is 2.76 bits per heavy atom. The molecule has 17 heavy (non-hydrogen) atoms. The van der Waals surface area contributed by atoms with Gasteiger partial charge < -0.3 is 5.73 Å². The van der Waals surface area contributed by atoms with Crippen LogP contribution in [0.2, 0.25) is 0 Å². The summed E-state index contributed by atoms with van der Waals surface area (Å²) in [7, 11) is 0. The average Bonchev–Trinajstić information content (AvgIpc) is 2.76. The summed E-state index contributed by atoms with van der Waals surface area (Å²) in [5.74, 6) is 0. The SMILES string of the molecule is Nc1ccc(Cn2ncc3ncccc32)cc1. The number of nitrogen functional groups attached to an aromatic ring is 1. The highest BCUT2D eigenvalue weighted by Gasteiger charge is 2.03. The lowest BCUT2D eigenvalue weighted by Gasteiger charge is -2.03. The van der Waals surface area contributed by atoms with E-state index in [0.717, 1.165) is 23.3 Å². The van der Waals surface area contributed by atoms with Crippen molar-refractivity contribution in [2.75, 3.05) is 5.73 Å². The predicted octanol–water partition coefficient (Wildman–Crippen LogP) is 2.06. The van der Waals surface area contributed by atoms with Gasteiger partial charge in [-0.3, -0.25) is 9.67 Å². The van der Waals surface area contributed by atoms with Crippen LogP contribution < -0.4 is 5.73 Å². The zero-order valence-corrected chi connectivity index (χ0v) is 9.24. The van der Waals surface area contributed by atoms with Gasteiger partial charge in [-0.25, -0.2) is 0 Å². The number of benzene rings is 1. The van der Waals surface area contributed by atoms with Crippen molar-refractivity contribution in [2.45, 2.75) is 6.54 Å². The third-order valence-corrected chi connectivity index (χ3v) is 2.73. The first-order valence-corrected chi connectivity index (χ1v) is 5.44. The smallest absolute Gasteiger partial charge is 0.108 e. The van der Waals surface area contributed by atoms with Crippen molar-refractivity contribution in [3.63, 3.8) is 0 Å². The maximum atomic E-state index is 5.66. The lowest BCUT2D eigenvalue weighted by atomic mass is 10.2. The Bertz CT molecular complexity index is 640. The number of pyridine rings is 1. The molecule has 2 aromatic heterocycles. The number of hydrogen-bond acceptors (Lipinski definition) is 3. The maximum Gasteiger partial charge on any atom is 0.108 e. The van der Waals surface area contributed by atoms with Crippen molar-refractivity contribution in [3.05, 3.63) is 54.4 Å². The molecule has 0 amide bonds. The van der Waals surface area contributed by atoms with E-state index in [1.807, 2.05) is 41.1 Å². The van der Waals surface area contributed by atoms with Gasteiger partial charge in [0.25, 0.3) is 0 Å². The van der Waals surface area contributed by atoms with Gasteiger partial charge in [0, 0.05) is 11.9 Å². The number of nitrogens with two attached hydrogens (primary N) is 1. The minimum absolute atomic E-state index is 0.732. The molecule has 0 fully saturated rings. The molecule has 4 nitrogen and oxygen atoms in total. The molecule has 0 aliphatic carbocycles.